The quantitative estimate of drug-likeness (QED) is 0.766. The van der Waals surface area contributed by atoms with E-state index in [-0.39, 0.29) is 30.4 Å². The Labute approximate surface area is 164 Å². The van der Waals surface area contributed by atoms with Gasteiger partial charge in [0, 0.05) is 25.2 Å². The van der Waals surface area contributed by atoms with E-state index >= 15 is 0 Å². The first-order valence-corrected chi connectivity index (χ1v) is 8.56. The topological polar surface area (TPSA) is 76.7 Å². The van der Waals surface area contributed by atoms with Gasteiger partial charge in [0.05, 0.1) is 25.4 Å². The van der Waals surface area contributed by atoms with Gasteiger partial charge >= 0.3 is 5.97 Å². The number of rotatable bonds is 5. The molecule has 1 unspecified atom stereocenters. The van der Waals surface area contributed by atoms with Crippen LogP contribution in [0.15, 0.2) is 48.5 Å². The highest BCUT2D eigenvalue weighted by atomic mass is 35.5. The Morgan fingerprint density at radius 3 is 2.59 bits per heavy atom. The van der Waals surface area contributed by atoms with Gasteiger partial charge in [0.15, 0.2) is 0 Å². The smallest absolute Gasteiger partial charge is 0.337 e. The normalized spacial score (nSPS) is 16.1. The maximum Gasteiger partial charge on any atom is 0.337 e. The molecule has 1 amide bonds. The van der Waals surface area contributed by atoms with Gasteiger partial charge in [-0.1, -0.05) is 24.3 Å². The summed E-state index contributed by atoms with van der Waals surface area (Å²) in [5.41, 5.74) is 2.91. The number of nitrogens with one attached hydrogen (secondary N) is 2. The van der Waals surface area contributed by atoms with Crippen LogP contribution >= 0.6 is 12.4 Å². The van der Waals surface area contributed by atoms with Crippen molar-refractivity contribution in [2.75, 3.05) is 33.4 Å². The van der Waals surface area contributed by atoms with Crippen LogP contribution in [0, 0.1) is 0 Å². The lowest BCUT2D eigenvalue weighted by Crippen LogP contribution is -2.45. The van der Waals surface area contributed by atoms with Crippen LogP contribution in [-0.2, 0) is 9.47 Å². The number of amides is 1. The Hall–Kier alpha value is -2.41. The molecule has 0 spiro atoms. The average molecular weight is 391 g/mol. The minimum Gasteiger partial charge on any atom is -0.465 e. The molecule has 1 saturated heterocycles. The van der Waals surface area contributed by atoms with Gasteiger partial charge in [0.1, 0.15) is 0 Å². The van der Waals surface area contributed by atoms with E-state index in [1.807, 2.05) is 30.3 Å². The molecule has 2 aromatic carbocycles. The molecule has 1 aliphatic rings. The molecule has 7 heteroatoms. The summed E-state index contributed by atoms with van der Waals surface area (Å²) in [5, 5.41) is 6.15. The zero-order valence-corrected chi connectivity index (χ0v) is 15.9. The van der Waals surface area contributed by atoms with E-state index in [4.69, 9.17) is 9.47 Å². The molecule has 0 aromatic heterocycles. The largest absolute Gasteiger partial charge is 0.465 e. The van der Waals surface area contributed by atoms with Gasteiger partial charge < -0.3 is 20.1 Å². The monoisotopic (exact) mass is 390 g/mol. The van der Waals surface area contributed by atoms with Gasteiger partial charge in [0.2, 0.25) is 0 Å². The van der Waals surface area contributed by atoms with E-state index in [1.54, 1.807) is 18.2 Å². The third-order valence-electron chi connectivity index (χ3n) is 4.26. The van der Waals surface area contributed by atoms with Crippen LogP contribution in [0.5, 0.6) is 0 Å². The Kier molecular flexibility index (Phi) is 7.79. The van der Waals surface area contributed by atoms with E-state index in [2.05, 4.69) is 10.6 Å². The molecule has 0 saturated carbocycles. The molecule has 2 aromatic rings. The third kappa shape index (κ3) is 5.53. The Balaban J connectivity index is 0.00000261. The number of esters is 1. The zero-order chi connectivity index (χ0) is 18.4. The molecule has 1 aliphatic heterocycles. The van der Waals surface area contributed by atoms with Crippen LogP contribution in [0.2, 0.25) is 0 Å². The van der Waals surface area contributed by atoms with Gasteiger partial charge in [-0.15, -0.1) is 12.4 Å². The number of hydrogen-bond donors (Lipinski definition) is 2. The average Bonchev–Trinajstić information content (AvgIpc) is 2.72. The summed E-state index contributed by atoms with van der Waals surface area (Å²) in [6.45, 7) is 2.73. The minimum absolute atomic E-state index is 0. The fourth-order valence-electron chi connectivity index (χ4n) is 2.82. The lowest BCUT2D eigenvalue weighted by molar-refractivity contribution is 0.0287. The van der Waals surface area contributed by atoms with Crippen LogP contribution in [0.3, 0.4) is 0 Å². The molecule has 2 N–H and O–H groups in total. The third-order valence-corrected chi connectivity index (χ3v) is 4.26. The second kappa shape index (κ2) is 10.1. The van der Waals surface area contributed by atoms with Crippen molar-refractivity contribution in [1.29, 1.82) is 0 Å². The second-order valence-electron chi connectivity index (χ2n) is 6.06. The second-order valence-corrected chi connectivity index (χ2v) is 6.06. The van der Waals surface area contributed by atoms with E-state index in [9.17, 15) is 9.59 Å². The summed E-state index contributed by atoms with van der Waals surface area (Å²) < 4.78 is 10.3. The highest BCUT2D eigenvalue weighted by Crippen LogP contribution is 2.21. The maximum atomic E-state index is 12.4. The molecule has 0 bridgehead atoms. The summed E-state index contributed by atoms with van der Waals surface area (Å²) in [4.78, 5) is 23.9. The van der Waals surface area contributed by atoms with Crippen molar-refractivity contribution in [2.24, 2.45) is 0 Å². The molecule has 6 nitrogen and oxygen atoms in total. The van der Waals surface area contributed by atoms with Crippen molar-refractivity contribution in [1.82, 2.24) is 10.6 Å². The molecule has 3 rings (SSSR count). The first kappa shape index (κ1) is 20.9. The maximum absolute atomic E-state index is 12.4. The van der Waals surface area contributed by atoms with Crippen LogP contribution in [0.1, 0.15) is 20.7 Å². The van der Waals surface area contributed by atoms with Crippen LogP contribution in [0.4, 0.5) is 0 Å². The predicted octanol–water partition coefficient (Wildman–Crippen LogP) is 2.28. The number of hydrogen-bond acceptors (Lipinski definition) is 5. The van der Waals surface area contributed by atoms with E-state index in [1.165, 1.54) is 7.11 Å². The molecule has 0 radical (unpaired) electrons. The first-order chi connectivity index (χ1) is 12.7. The van der Waals surface area contributed by atoms with Gasteiger partial charge in [-0.2, -0.15) is 0 Å². The van der Waals surface area contributed by atoms with Crippen molar-refractivity contribution >= 4 is 24.3 Å². The number of carbonyl (C=O) groups excluding carboxylic acids is 2. The fourth-order valence-corrected chi connectivity index (χ4v) is 2.82. The van der Waals surface area contributed by atoms with Gasteiger partial charge in [-0.05, 0) is 35.4 Å². The minimum atomic E-state index is -0.371. The summed E-state index contributed by atoms with van der Waals surface area (Å²) in [6.07, 6.45) is 0.00162. The van der Waals surface area contributed by atoms with Gasteiger partial charge in [-0.25, -0.2) is 4.79 Å². The van der Waals surface area contributed by atoms with Crippen molar-refractivity contribution in [3.63, 3.8) is 0 Å². The molecule has 144 valence electrons. The number of morpholine rings is 1. The van der Waals surface area contributed by atoms with Crippen LogP contribution in [-0.4, -0.2) is 51.3 Å². The molecule has 1 fully saturated rings. The van der Waals surface area contributed by atoms with Crippen molar-refractivity contribution in [3.8, 4) is 11.1 Å². The van der Waals surface area contributed by atoms with E-state index < -0.39 is 0 Å². The van der Waals surface area contributed by atoms with Crippen LogP contribution < -0.4 is 10.6 Å². The number of ether oxygens (including phenoxy) is 2. The predicted molar refractivity (Wildman–Crippen MR) is 105 cm³/mol. The number of halogens is 1. The van der Waals surface area contributed by atoms with Crippen molar-refractivity contribution in [2.45, 2.75) is 6.10 Å². The standard InChI is InChI=1S/C20H22N2O4.ClH/c1-25-20(24)15-7-5-14(6-8-15)16-3-2-4-17(11-16)19(23)22-13-18-12-21-9-10-26-18;/h2-8,11,18,21H,9-10,12-13H2,1H3,(H,22,23);1H. The summed E-state index contributed by atoms with van der Waals surface area (Å²) in [6, 6.07) is 14.5. The lowest BCUT2D eigenvalue weighted by atomic mass is 10.0. The Morgan fingerprint density at radius 1 is 1.15 bits per heavy atom. The first-order valence-electron chi connectivity index (χ1n) is 8.56. The molecular formula is C20H23ClN2O4. The van der Waals surface area contributed by atoms with E-state index in [0.29, 0.717) is 24.3 Å². The summed E-state index contributed by atoms with van der Waals surface area (Å²) in [5.74, 6) is -0.503. The molecule has 1 atom stereocenters. The van der Waals surface area contributed by atoms with Crippen LogP contribution in [0.25, 0.3) is 11.1 Å². The summed E-state index contributed by atoms with van der Waals surface area (Å²) >= 11 is 0. The molecule has 1 heterocycles. The molecular weight excluding hydrogens is 368 g/mol. The van der Waals surface area contributed by atoms with Crippen molar-refractivity contribution < 1.29 is 19.1 Å². The fraction of sp³-hybridized carbons (Fsp3) is 0.300. The van der Waals surface area contributed by atoms with E-state index in [0.717, 1.165) is 24.2 Å². The van der Waals surface area contributed by atoms with Gasteiger partial charge in [-0.3, -0.25) is 4.79 Å². The molecule has 0 aliphatic carbocycles. The molecule has 27 heavy (non-hydrogen) atoms. The highest BCUT2D eigenvalue weighted by Gasteiger charge is 2.15. The Bertz CT molecular complexity index is 774. The Morgan fingerprint density at radius 2 is 1.93 bits per heavy atom. The lowest BCUT2D eigenvalue weighted by Gasteiger charge is -2.23. The number of benzene rings is 2. The number of carbonyl (C=O) groups is 2. The summed E-state index contributed by atoms with van der Waals surface area (Å²) in [7, 11) is 1.35. The van der Waals surface area contributed by atoms with Crippen molar-refractivity contribution in [3.05, 3.63) is 59.7 Å². The van der Waals surface area contributed by atoms with Gasteiger partial charge in [0.25, 0.3) is 5.91 Å². The number of methoxy groups -OCH3 is 1. The zero-order valence-electron chi connectivity index (χ0n) is 15.1. The highest BCUT2D eigenvalue weighted by molar-refractivity contribution is 5.95. The SMILES string of the molecule is COC(=O)c1ccc(-c2cccc(C(=O)NCC3CNCCO3)c2)cc1.Cl.